The van der Waals surface area contributed by atoms with Crippen LogP contribution in [0.4, 0.5) is 0 Å². The molecule has 0 aliphatic rings. The van der Waals surface area contributed by atoms with Crippen LogP contribution in [0.5, 0.6) is 0 Å². The lowest BCUT2D eigenvalue weighted by Gasteiger charge is -2.21. The average molecular weight is 269 g/mol. The molecule has 2 N–H and O–H groups in total. The van der Waals surface area contributed by atoms with E-state index in [9.17, 15) is 0 Å². The van der Waals surface area contributed by atoms with Gasteiger partial charge in [0.2, 0.25) is 0 Å². The van der Waals surface area contributed by atoms with Gasteiger partial charge in [0, 0.05) is 6.54 Å². The van der Waals surface area contributed by atoms with Crippen molar-refractivity contribution in [3.63, 3.8) is 0 Å². The first-order valence-electron chi connectivity index (χ1n) is 7.14. The van der Waals surface area contributed by atoms with Crippen LogP contribution in [0.25, 0.3) is 11.6 Å². The maximum Gasteiger partial charge on any atom is 0.0190 e. The summed E-state index contributed by atoms with van der Waals surface area (Å²) >= 11 is 0. The maximum absolute atomic E-state index is 6.04. The molecule has 0 unspecified atom stereocenters. The largest absolute Gasteiger partial charge is 0.326 e. The molecule has 0 radical (unpaired) electrons. The smallest absolute Gasteiger partial charge is 0.0190 e. The van der Waals surface area contributed by atoms with Gasteiger partial charge in [0.25, 0.3) is 0 Å². The van der Waals surface area contributed by atoms with Crippen molar-refractivity contribution in [2.24, 2.45) is 5.73 Å². The van der Waals surface area contributed by atoms with E-state index in [0.717, 1.165) is 5.57 Å². The van der Waals surface area contributed by atoms with Crippen LogP contribution in [-0.2, 0) is 6.54 Å². The summed E-state index contributed by atoms with van der Waals surface area (Å²) in [4.78, 5) is 0. The van der Waals surface area contributed by atoms with E-state index in [2.05, 4.69) is 59.4 Å². The molecule has 0 atom stereocenters. The Bertz CT molecular complexity index is 583. The summed E-state index contributed by atoms with van der Waals surface area (Å²) in [5.74, 6) is 0. The number of rotatable bonds is 4. The second kappa shape index (κ2) is 6.71. The van der Waals surface area contributed by atoms with E-state index >= 15 is 0 Å². The van der Waals surface area contributed by atoms with Crippen LogP contribution in [0.2, 0.25) is 0 Å². The van der Waals surface area contributed by atoms with E-state index in [1.807, 2.05) is 6.92 Å². The van der Waals surface area contributed by atoms with E-state index in [-0.39, 0.29) is 0 Å². The van der Waals surface area contributed by atoms with Gasteiger partial charge in [-0.25, -0.2) is 0 Å². The lowest BCUT2D eigenvalue weighted by molar-refractivity contribution is 1.03. The third kappa shape index (κ3) is 3.10. The molecule has 1 aromatic rings. The first kappa shape index (κ1) is 16.5. The summed E-state index contributed by atoms with van der Waals surface area (Å²) in [6, 6.07) is 0. The van der Waals surface area contributed by atoms with Crippen LogP contribution in [0, 0.1) is 20.8 Å². The molecule has 1 aromatic carbocycles. The normalized spacial score (nSPS) is 10.9. The van der Waals surface area contributed by atoms with Gasteiger partial charge in [-0.1, -0.05) is 30.4 Å². The van der Waals surface area contributed by atoms with Gasteiger partial charge in [0.15, 0.2) is 0 Å². The second-order valence-electron chi connectivity index (χ2n) is 5.59. The molecule has 0 bridgehead atoms. The predicted molar refractivity (Wildman–Crippen MR) is 91.7 cm³/mol. The molecule has 0 aliphatic heterocycles. The number of nitrogens with two attached hydrogens (primary N) is 1. The van der Waals surface area contributed by atoms with Crippen molar-refractivity contribution in [3.05, 3.63) is 57.7 Å². The fourth-order valence-corrected chi connectivity index (χ4v) is 2.72. The molecular weight excluding hydrogens is 242 g/mol. The first-order chi connectivity index (χ1) is 9.34. The predicted octanol–water partition coefficient (Wildman–Crippen LogP) is 5.08. The Hall–Kier alpha value is -1.60. The monoisotopic (exact) mass is 269 g/mol. The zero-order chi connectivity index (χ0) is 15.4. The fourth-order valence-electron chi connectivity index (χ4n) is 2.72. The Balaban J connectivity index is 3.74. The topological polar surface area (TPSA) is 26.0 Å². The van der Waals surface area contributed by atoms with E-state index in [4.69, 9.17) is 5.73 Å². The standard InChI is InChI=1S/C19H27N/c1-8-9-17-15(6)14(5)16(7)19(18(17)11-20)13(4)10-12(2)3/h8-10H,4,11,20H2,1-3,5-7H3/b9-8-. The highest BCUT2D eigenvalue weighted by Crippen LogP contribution is 2.33. The molecule has 0 amide bonds. The van der Waals surface area contributed by atoms with Crippen molar-refractivity contribution < 1.29 is 0 Å². The summed E-state index contributed by atoms with van der Waals surface area (Å²) < 4.78 is 0. The molecule has 0 saturated heterocycles. The van der Waals surface area contributed by atoms with Crippen molar-refractivity contribution in [2.45, 2.75) is 48.1 Å². The number of allylic oxidation sites excluding steroid dienone is 4. The first-order valence-corrected chi connectivity index (χ1v) is 7.14. The van der Waals surface area contributed by atoms with Crippen LogP contribution in [0.1, 0.15) is 54.2 Å². The molecule has 1 nitrogen and oxygen atoms in total. The number of hydrogen-bond acceptors (Lipinski definition) is 1. The SMILES string of the molecule is C=C(C=C(C)C)c1c(C)c(C)c(C)c(/C=C\C)c1CN. The molecule has 0 aliphatic carbocycles. The maximum atomic E-state index is 6.04. The molecule has 1 heteroatoms. The quantitative estimate of drug-likeness (QED) is 0.758. The molecule has 1 rings (SSSR count). The van der Waals surface area contributed by atoms with Gasteiger partial charge in [0.1, 0.15) is 0 Å². The minimum Gasteiger partial charge on any atom is -0.326 e. The van der Waals surface area contributed by atoms with Crippen LogP contribution in [0.3, 0.4) is 0 Å². The summed E-state index contributed by atoms with van der Waals surface area (Å²) in [5, 5.41) is 0. The third-order valence-electron chi connectivity index (χ3n) is 3.85. The minimum atomic E-state index is 0.534. The summed E-state index contributed by atoms with van der Waals surface area (Å²) in [6.07, 6.45) is 6.36. The zero-order valence-corrected chi connectivity index (χ0v) is 13.7. The van der Waals surface area contributed by atoms with Crippen molar-refractivity contribution in [3.8, 4) is 0 Å². The van der Waals surface area contributed by atoms with E-state index in [1.165, 1.54) is 39.0 Å². The van der Waals surface area contributed by atoms with Crippen LogP contribution in [0.15, 0.2) is 24.3 Å². The molecule has 108 valence electrons. The van der Waals surface area contributed by atoms with Gasteiger partial charge in [-0.15, -0.1) is 0 Å². The molecule has 0 heterocycles. The Morgan fingerprint density at radius 2 is 1.70 bits per heavy atom. The molecule has 0 aromatic heterocycles. The summed E-state index contributed by atoms with van der Waals surface area (Å²) in [5.41, 5.74) is 15.9. The van der Waals surface area contributed by atoms with Crippen LogP contribution >= 0.6 is 0 Å². The second-order valence-corrected chi connectivity index (χ2v) is 5.59. The molecule has 0 saturated carbocycles. The van der Waals surface area contributed by atoms with Crippen molar-refractivity contribution in [1.82, 2.24) is 0 Å². The van der Waals surface area contributed by atoms with Gasteiger partial charge in [-0.05, 0) is 80.5 Å². The molecular formula is C19H27N. The van der Waals surface area contributed by atoms with E-state index < -0.39 is 0 Å². The van der Waals surface area contributed by atoms with Crippen LogP contribution in [-0.4, -0.2) is 0 Å². The Labute approximate surface area is 123 Å². The van der Waals surface area contributed by atoms with Crippen molar-refractivity contribution >= 4 is 11.6 Å². The van der Waals surface area contributed by atoms with Gasteiger partial charge >= 0.3 is 0 Å². The molecule has 0 fully saturated rings. The highest BCUT2D eigenvalue weighted by atomic mass is 14.5. The van der Waals surface area contributed by atoms with Crippen molar-refractivity contribution in [2.75, 3.05) is 0 Å². The highest BCUT2D eigenvalue weighted by molar-refractivity contribution is 5.81. The van der Waals surface area contributed by atoms with Crippen LogP contribution < -0.4 is 5.73 Å². The van der Waals surface area contributed by atoms with E-state index in [1.54, 1.807) is 0 Å². The van der Waals surface area contributed by atoms with Gasteiger partial charge < -0.3 is 5.73 Å². The van der Waals surface area contributed by atoms with Gasteiger partial charge in [-0.2, -0.15) is 0 Å². The molecule has 0 spiro atoms. The minimum absolute atomic E-state index is 0.534. The Kier molecular flexibility index (Phi) is 5.52. The lowest BCUT2D eigenvalue weighted by atomic mass is 9.84. The number of hydrogen-bond donors (Lipinski definition) is 1. The fraction of sp³-hybridized carbons (Fsp3) is 0.368. The lowest BCUT2D eigenvalue weighted by Crippen LogP contribution is -2.09. The molecule has 20 heavy (non-hydrogen) atoms. The van der Waals surface area contributed by atoms with Gasteiger partial charge in [0.05, 0.1) is 0 Å². The average Bonchev–Trinajstić information content (AvgIpc) is 2.38. The highest BCUT2D eigenvalue weighted by Gasteiger charge is 2.16. The zero-order valence-electron chi connectivity index (χ0n) is 13.7. The van der Waals surface area contributed by atoms with E-state index in [0.29, 0.717) is 6.54 Å². The third-order valence-corrected chi connectivity index (χ3v) is 3.85. The summed E-state index contributed by atoms with van der Waals surface area (Å²) in [6.45, 7) is 17.5. The number of benzene rings is 1. The van der Waals surface area contributed by atoms with Crippen molar-refractivity contribution in [1.29, 1.82) is 0 Å². The summed E-state index contributed by atoms with van der Waals surface area (Å²) in [7, 11) is 0. The Morgan fingerprint density at radius 1 is 1.10 bits per heavy atom. The Morgan fingerprint density at radius 3 is 2.15 bits per heavy atom. The van der Waals surface area contributed by atoms with Gasteiger partial charge in [-0.3, -0.25) is 0 Å².